The molecule has 3 heterocycles. The van der Waals surface area contributed by atoms with Crippen LogP contribution < -0.4 is 42.1 Å². The highest BCUT2D eigenvalue weighted by molar-refractivity contribution is 6.05. The highest BCUT2D eigenvalue weighted by Gasteiger charge is 2.14. The summed E-state index contributed by atoms with van der Waals surface area (Å²) >= 11 is 0. The van der Waals surface area contributed by atoms with Crippen LogP contribution >= 0.6 is 0 Å². The first kappa shape index (κ1) is 58.4. The molecule has 0 atom stereocenters. The molecule has 3 fully saturated rings. The number of ether oxygens (including phenoxy) is 3. The van der Waals surface area contributed by atoms with Crippen molar-refractivity contribution >= 4 is 69.6 Å². The summed E-state index contributed by atoms with van der Waals surface area (Å²) in [5.74, 6) is -2.06. The lowest BCUT2D eigenvalue weighted by Gasteiger charge is -2.28. The first-order valence-corrected chi connectivity index (χ1v) is 25.4. The van der Waals surface area contributed by atoms with Crippen LogP contribution in [0.3, 0.4) is 0 Å². The fraction of sp³-hybridized carbons (Fsp3) is 0.246. The van der Waals surface area contributed by atoms with Crippen LogP contribution in [0.15, 0.2) is 170 Å². The van der Waals surface area contributed by atoms with Gasteiger partial charge in [-0.25, -0.2) is 9.59 Å². The van der Waals surface area contributed by atoms with Crippen molar-refractivity contribution in [1.82, 2.24) is 0 Å². The molecule has 10 rings (SSSR count). The van der Waals surface area contributed by atoms with Gasteiger partial charge in [0.1, 0.15) is 6.29 Å². The van der Waals surface area contributed by atoms with Crippen LogP contribution in [-0.4, -0.2) is 113 Å². The van der Waals surface area contributed by atoms with E-state index in [4.69, 9.17) is 35.9 Å². The molecule has 0 aromatic heterocycles. The van der Waals surface area contributed by atoms with Crippen molar-refractivity contribution in [3.8, 4) is 0 Å². The van der Waals surface area contributed by atoms with Gasteiger partial charge >= 0.3 is 11.9 Å². The van der Waals surface area contributed by atoms with E-state index in [2.05, 4.69) is 91.3 Å². The third-order valence-electron chi connectivity index (χ3n) is 12.7. The van der Waals surface area contributed by atoms with Crippen molar-refractivity contribution in [2.75, 3.05) is 121 Å². The third-order valence-corrected chi connectivity index (χ3v) is 12.7. The number of nitrogens with two attached hydrogens (primary N) is 2. The second kappa shape index (κ2) is 30.6. The fourth-order valence-electron chi connectivity index (χ4n) is 8.19. The van der Waals surface area contributed by atoms with Gasteiger partial charge in [-0.3, -0.25) is 9.59 Å². The molecule has 0 saturated carbocycles. The van der Waals surface area contributed by atoms with Gasteiger partial charge in [-0.15, -0.1) is 0 Å². The average Bonchev–Trinajstić information content (AvgIpc) is 3.48. The van der Waals surface area contributed by atoms with Crippen LogP contribution in [0.1, 0.15) is 60.0 Å². The zero-order valence-corrected chi connectivity index (χ0v) is 42.9. The van der Waals surface area contributed by atoms with E-state index >= 15 is 0 Å². The first-order valence-electron chi connectivity index (χ1n) is 25.4. The van der Waals surface area contributed by atoms with Crippen molar-refractivity contribution in [3.05, 3.63) is 203 Å². The van der Waals surface area contributed by atoms with Crippen LogP contribution in [0.25, 0.3) is 0 Å². The molecule has 17 nitrogen and oxygen atoms in total. The minimum absolute atomic E-state index is 0. The second-order valence-corrected chi connectivity index (χ2v) is 18.0. The number of aldehydes is 1. The van der Waals surface area contributed by atoms with E-state index in [9.17, 15) is 19.2 Å². The number of nitrogen functional groups attached to an aromatic ring is 2. The molecule has 0 unspecified atom stereocenters. The Morgan fingerprint density at radius 3 is 1.21 bits per heavy atom. The molecule has 0 bridgehead atoms. The largest absolute Gasteiger partial charge is 0.478 e. The van der Waals surface area contributed by atoms with Gasteiger partial charge in [0.25, 0.3) is 5.91 Å². The van der Waals surface area contributed by atoms with Gasteiger partial charge in [0.05, 0.1) is 62.1 Å². The Bertz CT molecular complexity index is 2930. The summed E-state index contributed by atoms with van der Waals surface area (Å²) in [5, 5.41) is 27.0. The third kappa shape index (κ3) is 18.4. The van der Waals surface area contributed by atoms with E-state index in [-0.39, 0.29) is 18.9 Å². The van der Waals surface area contributed by atoms with Gasteiger partial charge in [0, 0.05) is 97.6 Å². The minimum atomic E-state index is -0.984. The molecular weight excluding hydrogens is 989 g/mol. The van der Waals surface area contributed by atoms with E-state index < -0.39 is 11.9 Å². The van der Waals surface area contributed by atoms with E-state index in [0.29, 0.717) is 47.4 Å². The molecule has 0 radical (unpaired) electrons. The van der Waals surface area contributed by atoms with Crippen LogP contribution in [-0.2, 0) is 27.3 Å². The summed E-state index contributed by atoms with van der Waals surface area (Å²) in [6.45, 7) is 11.8. The molecule has 17 heteroatoms. The summed E-state index contributed by atoms with van der Waals surface area (Å²) < 4.78 is 16.0. The summed E-state index contributed by atoms with van der Waals surface area (Å²) in [6, 6.07) is 52.2. The van der Waals surface area contributed by atoms with Crippen molar-refractivity contribution in [1.29, 1.82) is 0 Å². The number of hydrogen-bond donors (Lipinski definition) is 7. The Balaban J connectivity index is 0.000000180. The number of carboxylic acid groups (broad SMARTS) is 2. The fourth-order valence-corrected chi connectivity index (χ4v) is 8.19. The summed E-state index contributed by atoms with van der Waals surface area (Å²) in [6.07, 6.45) is 0.672. The molecule has 1 amide bonds. The monoisotopic (exact) mass is 1060 g/mol. The molecule has 0 aliphatic carbocycles. The molecule has 408 valence electrons. The van der Waals surface area contributed by atoms with E-state index in [1.807, 2.05) is 60.7 Å². The Hall–Kier alpha value is -8.90. The van der Waals surface area contributed by atoms with Crippen molar-refractivity contribution in [3.63, 3.8) is 0 Å². The number of amides is 1. The number of benzene rings is 7. The number of morpholine rings is 3. The summed E-state index contributed by atoms with van der Waals surface area (Å²) in [4.78, 5) is 50.7. The Morgan fingerprint density at radius 1 is 0.474 bits per heavy atom. The zero-order chi connectivity index (χ0) is 54.2. The van der Waals surface area contributed by atoms with Crippen LogP contribution in [0.5, 0.6) is 0 Å². The van der Waals surface area contributed by atoms with Crippen LogP contribution in [0.4, 0.5) is 45.5 Å². The van der Waals surface area contributed by atoms with Gasteiger partial charge in [-0.2, -0.15) is 0 Å². The number of nitrogens with zero attached hydrogens (tertiary/aromatic N) is 3. The molecule has 7 aromatic rings. The number of carbonyl (C=O) groups is 4. The number of nitrogens with one attached hydrogen (secondary N) is 3. The van der Waals surface area contributed by atoms with E-state index in [1.54, 1.807) is 24.3 Å². The quantitative estimate of drug-likeness (QED) is 0.0397. The van der Waals surface area contributed by atoms with Gasteiger partial charge in [0.15, 0.2) is 0 Å². The standard InChI is InChI=1S/C24H26N4O2.C18H20N2O3.C10H14N2O.C8H6O3.CH4/c25-22-3-1-2-4-23(22)27-24(29)19-7-5-18(6-8-19)17-26-20-9-11-21(12-10-20)28-13-15-30-16-14-28;21-18(22)15-3-1-14(2-4-15)13-19-16-5-7-17(8-6-16)20-9-11-23-12-10-20;11-9-1-3-10(4-2-9)12-5-7-13-8-6-12;9-5-6-1-3-7(4-2-6)8(10)11;/h1-12,26H,13-17,25H2,(H,27,29);1-8,19H,9-13H2,(H,21,22);1-4H,5-8,11H2;1-5H,(H,10,11);1H4. The Labute approximate surface area is 456 Å². The molecule has 7 aromatic carbocycles. The highest BCUT2D eigenvalue weighted by atomic mass is 16.5. The van der Waals surface area contributed by atoms with Gasteiger partial charge in [-0.05, 0) is 132 Å². The molecule has 78 heavy (non-hydrogen) atoms. The average molecular weight is 1060 g/mol. The predicted octanol–water partition coefficient (Wildman–Crippen LogP) is 9.74. The normalized spacial score (nSPS) is 13.7. The van der Waals surface area contributed by atoms with E-state index in [1.165, 1.54) is 41.3 Å². The maximum absolute atomic E-state index is 12.4. The maximum atomic E-state index is 12.4. The summed E-state index contributed by atoms with van der Waals surface area (Å²) in [7, 11) is 0. The smallest absolute Gasteiger partial charge is 0.335 e. The van der Waals surface area contributed by atoms with Gasteiger partial charge in [0.2, 0.25) is 0 Å². The highest BCUT2D eigenvalue weighted by Crippen LogP contribution is 2.23. The van der Waals surface area contributed by atoms with Gasteiger partial charge in [-0.1, -0.05) is 56.0 Å². The van der Waals surface area contributed by atoms with E-state index in [0.717, 1.165) is 107 Å². The van der Waals surface area contributed by atoms with Crippen LogP contribution in [0, 0.1) is 0 Å². The lowest BCUT2D eigenvalue weighted by Crippen LogP contribution is -2.36. The SMILES string of the molecule is C.Nc1ccc(N2CCOCC2)cc1.Nc1ccccc1NC(=O)c1ccc(CNc2ccc(N3CCOCC3)cc2)cc1.O=C(O)c1ccc(CNc2ccc(N3CCOCC3)cc2)cc1.O=Cc1ccc(C(=O)O)cc1. The second-order valence-electron chi connectivity index (χ2n) is 18.0. The topological polar surface area (TPSA) is 234 Å². The number of carboxylic acids is 2. The molecule has 0 spiro atoms. The van der Waals surface area contributed by atoms with Crippen molar-refractivity contribution < 1.29 is 43.6 Å². The molecule has 3 aliphatic rings. The molecular formula is C61H70N8O9. The van der Waals surface area contributed by atoms with Gasteiger partial charge < -0.3 is 66.5 Å². The number of aromatic carboxylic acids is 2. The first-order chi connectivity index (χ1) is 37.5. The molecule has 9 N–H and O–H groups in total. The van der Waals surface area contributed by atoms with Crippen molar-refractivity contribution in [2.24, 2.45) is 0 Å². The Kier molecular flexibility index (Phi) is 22.9. The molecule has 3 saturated heterocycles. The minimum Gasteiger partial charge on any atom is -0.478 e. The number of hydrogen-bond acceptors (Lipinski definition) is 14. The number of rotatable bonds is 14. The number of para-hydroxylation sites is 2. The summed E-state index contributed by atoms with van der Waals surface area (Å²) in [5.41, 5.74) is 23.0. The predicted molar refractivity (Wildman–Crippen MR) is 312 cm³/mol. The number of anilines is 8. The molecule has 3 aliphatic heterocycles. The van der Waals surface area contributed by atoms with Crippen molar-refractivity contribution in [2.45, 2.75) is 20.5 Å². The lowest BCUT2D eigenvalue weighted by atomic mass is 10.1. The van der Waals surface area contributed by atoms with Crippen LogP contribution in [0.2, 0.25) is 0 Å². The Morgan fingerprint density at radius 2 is 0.833 bits per heavy atom. The number of carbonyl (C=O) groups excluding carboxylic acids is 2. The lowest BCUT2D eigenvalue weighted by molar-refractivity contribution is 0.0686. The maximum Gasteiger partial charge on any atom is 0.335 e. The zero-order valence-electron chi connectivity index (χ0n) is 42.9.